The van der Waals surface area contributed by atoms with Crippen LogP contribution in [0.5, 0.6) is 0 Å². The molecule has 150 valence electrons. The second-order valence-corrected chi connectivity index (χ2v) is 8.54. The van der Waals surface area contributed by atoms with Gasteiger partial charge in [0, 0.05) is 54.4 Å². The van der Waals surface area contributed by atoms with Gasteiger partial charge < -0.3 is 10.6 Å². The summed E-state index contributed by atoms with van der Waals surface area (Å²) in [7, 11) is 0. The average molecular weight is 382 g/mol. The standard InChI is InChI=1S/C21H31N7/c1-5-23-14-28-13-17-16-7-6-15(12-18(16)24-20(22)19(17)25-28)26-8-10-27(11-9-26)21(2,3)4/h6-7,12-13,23H,5,8-11,14H2,1-4H3,(H2,22,24). The molecular weight excluding hydrogens is 350 g/mol. The third-order valence-electron chi connectivity index (χ3n) is 5.63. The molecule has 7 nitrogen and oxygen atoms in total. The van der Waals surface area contributed by atoms with Crippen LogP contribution in [-0.2, 0) is 6.67 Å². The number of nitrogens with one attached hydrogen (secondary N) is 1. The van der Waals surface area contributed by atoms with Crippen molar-refractivity contribution in [3.8, 4) is 0 Å². The number of pyridine rings is 1. The number of nitrogens with zero attached hydrogens (tertiary/aromatic N) is 5. The highest BCUT2D eigenvalue weighted by Gasteiger charge is 2.26. The van der Waals surface area contributed by atoms with E-state index in [2.05, 4.69) is 77.3 Å². The quantitative estimate of drug-likeness (QED) is 0.724. The Labute approximate surface area is 166 Å². The molecule has 1 aliphatic rings. The van der Waals surface area contributed by atoms with E-state index in [1.165, 1.54) is 5.69 Å². The van der Waals surface area contributed by atoms with Gasteiger partial charge in [0.05, 0.1) is 12.2 Å². The molecular formula is C21H31N7. The van der Waals surface area contributed by atoms with Gasteiger partial charge >= 0.3 is 0 Å². The van der Waals surface area contributed by atoms with Crippen molar-refractivity contribution in [1.82, 2.24) is 25.0 Å². The molecule has 0 unspecified atom stereocenters. The van der Waals surface area contributed by atoms with E-state index in [9.17, 15) is 0 Å². The van der Waals surface area contributed by atoms with Crippen molar-refractivity contribution in [2.45, 2.75) is 39.9 Å². The summed E-state index contributed by atoms with van der Waals surface area (Å²) in [5.41, 5.74) is 9.38. The third-order valence-corrected chi connectivity index (χ3v) is 5.63. The van der Waals surface area contributed by atoms with Crippen LogP contribution in [0.2, 0.25) is 0 Å². The largest absolute Gasteiger partial charge is 0.382 e. The van der Waals surface area contributed by atoms with Crippen LogP contribution in [0, 0.1) is 0 Å². The Balaban J connectivity index is 1.63. The minimum atomic E-state index is 0.226. The zero-order valence-corrected chi connectivity index (χ0v) is 17.4. The summed E-state index contributed by atoms with van der Waals surface area (Å²) in [6, 6.07) is 6.53. The molecule has 0 aliphatic carbocycles. The summed E-state index contributed by atoms with van der Waals surface area (Å²) in [5.74, 6) is 0.493. The Morgan fingerprint density at radius 3 is 2.54 bits per heavy atom. The van der Waals surface area contributed by atoms with Crippen LogP contribution in [0.1, 0.15) is 27.7 Å². The molecule has 0 radical (unpaired) electrons. The number of benzene rings is 1. The molecule has 1 aromatic carbocycles. The van der Waals surface area contributed by atoms with Gasteiger partial charge in [0.15, 0.2) is 5.82 Å². The van der Waals surface area contributed by atoms with Gasteiger partial charge in [-0.15, -0.1) is 0 Å². The summed E-state index contributed by atoms with van der Waals surface area (Å²) in [6.45, 7) is 14.7. The molecule has 28 heavy (non-hydrogen) atoms. The summed E-state index contributed by atoms with van der Waals surface area (Å²) >= 11 is 0. The summed E-state index contributed by atoms with van der Waals surface area (Å²) in [6.07, 6.45) is 2.06. The number of fused-ring (bicyclic) bond motifs is 3. The van der Waals surface area contributed by atoms with Gasteiger partial charge in [-0.1, -0.05) is 13.0 Å². The van der Waals surface area contributed by atoms with Gasteiger partial charge in [0.25, 0.3) is 0 Å². The molecule has 0 spiro atoms. The van der Waals surface area contributed by atoms with Crippen LogP contribution in [0.4, 0.5) is 11.5 Å². The normalized spacial score (nSPS) is 16.4. The highest BCUT2D eigenvalue weighted by molar-refractivity contribution is 6.08. The van der Waals surface area contributed by atoms with Crippen LogP contribution in [0.25, 0.3) is 21.8 Å². The van der Waals surface area contributed by atoms with Crippen LogP contribution < -0.4 is 16.0 Å². The maximum atomic E-state index is 6.23. The van der Waals surface area contributed by atoms with E-state index in [4.69, 9.17) is 5.73 Å². The summed E-state index contributed by atoms with van der Waals surface area (Å²) < 4.78 is 1.89. The predicted octanol–water partition coefficient (Wildman–Crippen LogP) is 2.65. The highest BCUT2D eigenvalue weighted by Crippen LogP contribution is 2.30. The van der Waals surface area contributed by atoms with Gasteiger partial charge in [-0.3, -0.25) is 14.9 Å². The van der Waals surface area contributed by atoms with Crippen molar-refractivity contribution < 1.29 is 0 Å². The van der Waals surface area contributed by atoms with E-state index < -0.39 is 0 Å². The second kappa shape index (κ2) is 7.22. The molecule has 0 atom stereocenters. The molecule has 7 heteroatoms. The Morgan fingerprint density at radius 2 is 1.86 bits per heavy atom. The molecule has 0 saturated carbocycles. The minimum absolute atomic E-state index is 0.226. The lowest BCUT2D eigenvalue weighted by Crippen LogP contribution is -2.53. The lowest BCUT2D eigenvalue weighted by atomic mass is 10.0. The first kappa shape index (κ1) is 19.0. The molecule has 3 aromatic rings. The van der Waals surface area contributed by atoms with Crippen LogP contribution in [-0.4, -0.2) is 57.9 Å². The van der Waals surface area contributed by atoms with Crippen molar-refractivity contribution in [3.05, 3.63) is 24.4 Å². The first-order chi connectivity index (χ1) is 13.4. The monoisotopic (exact) mass is 381 g/mol. The van der Waals surface area contributed by atoms with Crippen molar-refractivity contribution >= 4 is 33.3 Å². The minimum Gasteiger partial charge on any atom is -0.382 e. The van der Waals surface area contributed by atoms with Crippen molar-refractivity contribution in [2.75, 3.05) is 43.4 Å². The maximum absolute atomic E-state index is 6.23. The molecule has 1 fully saturated rings. The fourth-order valence-corrected chi connectivity index (χ4v) is 3.97. The molecule has 4 rings (SSSR count). The molecule has 1 aliphatic heterocycles. The summed E-state index contributed by atoms with van der Waals surface area (Å²) in [4.78, 5) is 9.64. The Hall–Kier alpha value is -2.38. The highest BCUT2D eigenvalue weighted by atomic mass is 15.3. The van der Waals surface area contributed by atoms with Crippen molar-refractivity contribution in [1.29, 1.82) is 0 Å². The fraction of sp³-hybridized carbons (Fsp3) is 0.524. The molecule has 1 saturated heterocycles. The van der Waals surface area contributed by atoms with E-state index in [0.717, 1.165) is 54.5 Å². The van der Waals surface area contributed by atoms with Crippen LogP contribution in [0.3, 0.4) is 0 Å². The summed E-state index contributed by atoms with van der Waals surface area (Å²) in [5, 5.41) is 10.0. The number of hydrogen-bond acceptors (Lipinski definition) is 6. The zero-order chi connectivity index (χ0) is 19.9. The number of nitrogen functional groups attached to an aromatic ring is 1. The first-order valence-electron chi connectivity index (χ1n) is 10.1. The Bertz CT molecular complexity index is 978. The lowest BCUT2D eigenvalue weighted by molar-refractivity contribution is 0.128. The number of piperazine rings is 1. The SMILES string of the molecule is CCNCn1cc2c(n1)c(N)nc1cc(N3CCN(C(C)(C)C)CC3)ccc12. The number of aromatic nitrogens is 3. The van der Waals surface area contributed by atoms with E-state index in [-0.39, 0.29) is 5.54 Å². The van der Waals surface area contributed by atoms with Crippen LogP contribution >= 0.6 is 0 Å². The lowest BCUT2D eigenvalue weighted by Gasteiger charge is -2.43. The Kier molecular flexibility index (Phi) is 4.89. The van der Waals surface area contributed by atoms with E-state index in [1.807, 2.05) is 4.68 Å². The number of anilines is 2. The molecule has 2 aromatic heterocycles. The van der Waals surface area contributed by atoms with E-state index in [1.54, 1.807) is 0 Å². The molecule has 3 heterocycles. The van der Waals surface area contributed by atoms with Crippen LogP contribution in [0.15, 0.2) is 24.4 Å². The van der Waals surface area contributed by atoms with Gasteiger partial charge in [-0.05, 0) is 39.4 Å². The number of rotatable bonds is 4. The predicted molar refractivity (Wildman–Crippen MR) is 117 cm³/mol. The molecule has 0 amide bonds. The molecule has 0 bridgehead atoms. The third kappa shape index (κ3) is 3.52. The topological polar surface area (TPSA) is 75.2 Å². The smallest absolute Gasteiger partial charge is 0.152 e. The zero-order valence-electron chi connectivity index (χ0n) is 17.4. The van der Waals surface area contributed by atoms with Gasteiger partial charge in [-0.2, -0.15) is 5.10 Å². The van der Waals surface area contributed by atoms with Crippen molar-refractivity contribution in [2.24, 2.45) is 0 Å². The van der Waals surface area contributed by atoms with Gasteiger partial charge in [-0.25, -0.2) is 4.98 Å². The first-order valence-corrected chi connectivity index (χ1v) is 10.1. The number of hydrogen-bond donors (Lipinski definition) is 2. The maximum Gasteiger partial charge on any atom is 0.152 e. The fourth-order valence-electron chi connectivity index (χ4n) is 3.97. The molecule has 3 N–H and O–H groups in total. The Morgan fingerprint density at radius 1 is 1.11 bits per heavy atom. The average Bonchev–Trinajstić information content (AvgIpc) is 3.10. The van der Waals surface area contributed by atoms with E-state index in [0.29, 0.717) is 12.5 Å². The second-order valence-electron chi connectivity index (χ2n) is 8.54. The number of nitrogens with two attached hydrogens (primary N) is 1. The van der Waals surface area contributed by atoms with Gasteiger partial charge in [0.2, 0.25) is 0 Å². The van der Waals surface area contributed by atoms with Crippen molar-refractivity contribution in [3.63, 3.8) is 0 Å². The van der Waals surface area contributed by atoms with Gasteiger partial charge in [0.1, 0.15) is 5.52 Å². The van der Waals surface area contributed by atoms with E-state index >= 15 is 0 Å².